The summed E-state index contributed by atoms with van der Waals surface area (Å²) < 4.78 is 5.93. The normalized spacial score (nSPS) is 46.0. The Morgan fingerprint density at radius 2 is 1.87 bits per heavy atom. The number of hydrogen-bond acceptors (Lipinski definition) is 3. The zero-order chi connectivity index (χ0) is 9.71. The Labute approximate surface area is 145 Å². The van der Waals surface area contributed by atoms with E-state index in [0.717, 1.165) is 23.7 Å². The van der Waals surface area contributed by atoms with Crippen molar-refractivity contribution in [2.24, 2.45) is 23.7 Å². The van der Waals surface area contributed by atoms with Crippen molar-refractivity contribution in [3.05, 3.63) is 0 Å². The Hall–Kier alpha value is 1.75. The van der Waals surface area contributed by atoms with Crippen molar-refractivity contribution in [2.45, 2.75) is 38.2 Å². The summed E-state index contributed by atoms with van der Waals surface area (Å²) in [6, 6.07) is 0. The summed E-state index contributed by atoms with van der Waals surface area (Å²) in [6.07, 6.45) is 7.32. The van der Waals surface area contributed by atoms with E-state index in [4.69, 9.17) is 29.6 Å². The first-order chi connectivity index (χ1) is 6.75. The number of thiocarbonyl (C=S) groups is 1. The predicted molar refractivity (Wildman–Crippen MR) is 61.9 cm³/mol. The van der Waals surface area contributed by atoms with Crippen LogP contribution in [0.15, 0.2) is 0 Å². The summed E-state index contributed by atoms with van der Waals surface area (Å²) >= 11 is 9.72. The van der Waals surface area contributed by atoms with Gasteiger partial charge in [0.05, 0.1) is 6.10 Å². The minimum Gasteiger partial charge on any atom is -0.510 e. The number of hydrogen-bond donors (Lipinski definition) is 0. The summed E-state index contributed by atoms with van der Waals surface area (Å²) in [6.45, 7) is 0. The van der Waals surface area contributed by atoms with Crippen LogP contribution in [0, 0.1) is 23.7 Å². The molecule has 0 amide bonds. The minimum atomic E-state index is 0. The van der Waals surface area contributed by atoms with Crippen LogP contribution in [0.1, 0.15) is 32.1 Å². The van der Waals surface area contributed by atoms with E-state index in [1.165, 1.54) is 32.1 Å². The van der Waals surface area contributed by atoms with Crippen LogP contribution < -0.4 is 51.4 Å². The Kier molecular flexibility index (Phi) is 4.54. The number of ether oxygens (including phenoxy) is 1. The molecule has 0 aromatic heterocycles. The van der Waals surface area contributed by atoms with Crippen LogP contribution >= 0.6 is 12.2 Å². The van der Waals surface area contributed by atoms with Crippen LogP contribution in [0.4, 0.5) is 0 Å². The van der Waals surface area contributed by atoms with Crippen molar-refractivity contribution < 1.29 is 56.1 Å². The summed E-state index contributed by atoms with van der Waals surface area (Å²) in [5.41, 5.74) is 0. The molecule has 0 unspecified atom stereocenters. The van der Waals surface area contributed by atoms with Crippen LogP contribution in [0.3, 0.4) is 0 Å². The molecule has 2 bridgehead atoms. The Morgan fingerprint density at radius 3 is 2.60 bits per heavy atom. The summed E-state index contributed by atoms with van der Waals surface area (Å²) in [4.78, 5) is 0. The van der Waals surface area contributed by atoms with Crippen molar-refractivity contribution in [3.63, 3.8) is 0 Å². The van der Waals surface area contributed by atoms with E-state index in [9.17, 15) is 0 Å². The summed E-state index contributed by atoms with van der Waals surface area (Å²) in [5, 5.41) is 0. The van der Waals surface area contributed by atoms with Gasteiger partial charge in [0.2, 0.25) is 0 Å². The van der Waals surface area contributed by atoms with E-state index in [1.54, 1.807) is 0 Å². The second kappa shape index (κ2) is 5.17. The van der Waals surface area contributed by atoms with E-state index in [0.29, 0.717) is 10.5 Å². The van der Waals surface area contributed by atoms with E-state index < -0.39 is 0 Å². The van der Waals surface area contributed by atoms with Crippen LogP contribution in [-0.2, 0) is 17.4 Å². The molecule has 0 N–H and O–H groups in total. The molecule has 4 heteroatoms. The quantitative estimate of drug-likeness (QED) is 0.365. The van der Waals surface area contributed by atoms with E-state index in [2.05, 4.69) is 0 Å². The van der Waals surface area contributed by atoms with Gasteiger partial charge in [-0.2, -0.15) is 0 Å². The zero-order valence-electron chi connectivity index (χ0n) is 9.15. The maximum atomic E-state index is 5.60. The molecule has 0 saturated heterocycles. The second-order valence-corrected chi connectivity index (χ2v) is 6.06. The molecule has 0 radical (unpaired) electrons. The zero-order valence-corrected chi connectivity index (χ0v) is 13.9. The van der Waals surface area contributed by atoms with Gasteiger partial charge in [0.1, 0.15) is 0 Å². The van der Waals surface area contributed by atoms with E-state index in [-0.39, 0.29) is 51.4 Å². The summed E-state index contributed by atoms with van der Waals surface area (Å²) in [7, 11) is 0. The maximum Gasteiger partial charge on any atom is 1.00 e. The van der Waals surface area contributed by atoms with Gasteiger partial charge in [0, 0.05) is 4.38 Å². The summed E-state index contributed by atoms with van der Waals surface area (Å²) in [5.74, 6) is 3.69. The fourth-order valence-electron chi connectivity index (χ4n) is 4.26. The molecule has 3 rings (SSSR count). The average Bonchev–Trinajstić information content (AvgIpc) is 2.68. The average molecular weight is 266 g/mol. The van der Waals surface area contributed by atoms with Gasteiger partial charge in [-0.05, 0) is 49.4 Å². The minimum absolute atomic E-state index is 0. The smallest absolute Gasteiger partial charge is 0.510 e. The van der Waals surface area contributed by atoms with Crippen molar-refractivity contribution in [1.29, 1.82) is 0 Å². The molecule has 3 fully saturated rings. The molecule has 3 saturated carbocycles. The Morgan fingerprint density at radius 1 is 1.13 bits per heavy atom. The van der Waals surface area contributed by atoms with Crippen LogP contribution in [0.25, 0.3) is 0 Å². The molecule has 78 valence electrons. The van der Waals surface area contributed by atoms with Crippen molar-refractivity contribution in [1.82, 2.24) is 0 Å². The molecule has 5 atom stereocenters. The molecule has 0 spiro atoms. The van der Waals surface area contributed by atoms with Crippen LogP contribution in [-0.4, -0.2) is 10.5 Å². The Balaban J connectivity index is 0.000000853. The van der Waals surface area contributed by atoms with Gasteiger partial charge in [-0.15, -0.1) is 0 Å². The molecule has 0 aromatic carbocycles. The first-order valence-electron chi connectivity index (χ1n) is 5.63. The molecule has 0 aliphatic heterocycles. The molecule has 15 heavy (non-hydrogen) atoms. The van der Waals surface area contributed by atoms with Gasteiger partial charge in [-0.25, -0.2) is 0 Å². The molecule has 0 aromatic rings. The fraction of sp³-hybridized carbons (Fsp3) is 0.909. The third-order valence-corrected chi connectivity index (χ3v) is 4.81. The third kappa shape index (κ3) is 2.33. The first-order valence-corrected chi connectivity index (χ1v) is 6.45. The molecule has 1 nitrogen and oxygen atoms in total. The van der Waals surface area contributed by atoms with Crippen LogP contribution in [0.2, 0.25) is 0 Å². The third-order valence-electron chi connectivity index (χ3n) is 4.62. The largest absolute Gasteiger partial charge is 1.00 e. The maximum absolute atomic E-state index is 5.60. The predicted octanol–water partition coefficient (Wildman–Crippen LogP) is -0.336. The van der Waals surface area contributed by atoms with Crippen molar-refractivity contribution in [3.8, 4) is 0 Å². The number of rotatable bonds is 1. The molecule has 3 aliphatic carbocycles. The van der Waals surface area contributed by atoms with E-state index >= 15 is 0 Å². The molecular formula is C11H15KOS2. The Bertz CT molecular complexity index is 271. The van der Waals surface area contributed by atoms with Gasteiger partial charge in [0.25, 0.3) is 0 Å². The molecule has 0 heterocycles. The van der Waals surface area contributed by atoms with E-state index in [1.807, 2.05) is 0 Å². The van der Waals surface area contributed by atoms with Gasteiger partial charge in [-0.3, -0.25) is 0 Å². The number of fused-ring (bicyclic) bond motifs is 5. The van der Waals surface area contributed by atoms with Crippen LogP contribution in [0.5, 0.6) is 0 Å². The standard InChI is InChI=1S/C11H16OS2.K/c13-11(14)12-10-5-6-4-9(10)8-3-1-2-7(6)8;/h6-10H,1-5H2,(H,13,14);/q;+1/p-1/t6-,7-,8-,9-,10+;/m1./s1. The topological polar surface area (TPSA) is 9.23 Å². The van der Waals surface area contributed by atoms with Crippen molar-refractivity contribution >= 4 is 29.2 Å². The monoisotopic (exact) mass is 266 g/mol. The molecule has 3 aliphatic rings. The van der Waals surface area contributed by atoms with Crippen molar-refractivity contribution in [2.75, 3.05) is 0 Å². The van der Waals surface area contributed by atoms with Gasteiger partial charge in [-0.1, -0.05) is 6.42 Å². The van der Waals surface area contributed by atoms with Gasteiger partial charge in [0.15, 0.2) is 0 Å². The van der Waals surface area contributed by atoms with Gasteiger partial charge < -0.3 is 29.6 Å². The SMILES string of the molecule is S=C([S-])O[C@H]1C[C@H]2C[C@@H]1[C@@H]1CCC[C@H]21.[K+]. The molecular weight excluding hydrogens is 251 g/mol. The second-order valence-electron chi connectivity index (χ2n) is 5.06. The first kappa shape index (κ1) is 13.2. The van der Waals surface area contributed by atoms with Gasteiger partial charge >= 0.3 is 51.4 Å². The fourth-order valence-corrected chi connectivity index (χ4v) is 4.51.